The number of carbonyl (C=O) groups excluding carboxylic acids is 1. The standard InChI is InChI=1S/C12H13ClN2O2/c1-5-7(3)11-14-9(12(16)17-6-2)8(4)10(13)15-11/h5H,1,3,6H2,2,4H3. The highest BCUT2D eigenvalue weighted by atomic mass is 35.5. The first kappa shape index (κ1) is 13.4. The molecule has 17 heavy (non-hydrogen) atoms. The van der Waals surface area contributed by atoms with Gasteiger partial charge in [-0.2, -0.15) is 0 Å². The zero-order valence-electron chi connectivity index (χ0n) is 9.79. The lowest BCUT2D eigenvalue weighted by molar-refractivity contribution is 0.0518. The van der Waals surface area contributed by atoms with Crippen molar-refractivity contribution in [3.63, 3.8) is 0 Å². The van der Waals surface area contributed by atoms with E-state index in [1.807, 2.05) is 0 Å². The normalized spacial score (nSPS) is 9.82. The smallest absolute Gasteiger partial charge is 0.357 e. The number of esters is 1. The van der Waals surface area contributed by atoms with Crippen LogP contribution in [0.1, 0.15) is 28.8 Å². The molecule has 0 atom stereocenters. The Morgan fingerprint density at radius 2 is 2.18 bits per heavy atom. The topological polar surface area (TPSA) is 52.1 Å². The number of halogens is 1. The summed E-state index contributed by atoms with van der Waals surface area (Å²) in [5, 5.41) is 0.209. The van der Waals surface area contributed by atoms with E-state index in [1.165, 1.54) is 6.08 Å². The van der Waals surface area contributed by atoms with Crippen LogP contribution in [0.15, 0.2) is 19.2 Å². The second kappa shape index (κ2) is 5.59. The van der Waals surface area contributed by atoms with Crippen LogP contribution in [0.3, 0.4) is 0 Å². The average molecular weight is 253 g/mol. The van der Waals surface area contributed by atoms with Crippen molar-refractivity contribution in [1.82, 2.24) is 9.97 Å². The maximum absolute atomic E-state index is 11.7. The predicted molar refractivity (Wildman–Crippen MR) is 67.0 cm³/mol. The quantitative estimate of drug-likeness (QED) is 0.470. The van der Waals surface area contributed by atoms with E-state index in [1.54, 1.807) is 13.8 Å². The first-order valence-corrected chi connectivity index (χ1v) is 5.42. The number of aromatic nitrogens is 2. The molecule has 0 radical (unpaired) electrons. The molecular weight excluding hydrogens is 240 g/mol. The van der Waals surface area contributed by atoms with Gasteiger partial charge in [0.05, 0.1) is 6.61 Å². The zero-order valence-corrected chi connectivity index (χ0v) is 10.5. The summed E-state index contributed by atoms with van der Waals surface area (Å²) in [4.78, 5) is 19.8. The summed E-state index contributed by atoms with van der Waals surface area (Å²) >= 11 is 5.93. The van der Waals surface area contributed by atoms with Gasteiger partial charge in [-0.25, -0.2) is 14.8 Å². The van der Waals surface area contributed by atoms with E-state index in [4.69, 9.17) is 16.3 Å². The van der Waals surface area contributed by atoms with Crippen LogP contribution in [-0.4, -0.2) is 22.5 Å². The molecule has 0 amide bonds. The molecule has 90 valence electrons. The van der Waals surface area contributed by atoms with Crippen LogP contribution in [0.25, 0.3) is 5.57 Å². The first-order chi connectivity index (χ1) is 8.01. The van der Waals surface area contributed by atoms with Crippen LogP contribution in [-0.2, 0) is 4.74 Å². The van der Waals surface area contributed by atoms with Crippen LogP contribution < -0.4 is 0 Å². The zero-order chi connectivity index (χ0) is 13.0. The number of hydrogen-bond donors (Lipinski definition) is 0. The summed E-state index contributed by atoms with van der Waals surface area (Å²) in [5.74, 6) is -0.244. The summed E-state index contributed by atoms with van der Waals surface area (Å²) in [6.45, 7) is 10.9. The highest BCUT2D eigenvalue weighted by Gasteiger charge is 2.17. The number of rotatable bonds is 4. The summed E-state index contributed by atoms with van der Waals surface area (Å²) in [5.41, 5.74) is 1.15. The minimum atomic E-state index is -0.521. The van der Waals surface area contributed by atoms with Crippen molar-refractivity contribution in [2.24, 2.45) is 0 Å². The fourth-order valence-corrected chi connectivity index (χ4v) is 1.29. The van der Waals surface area contributed by atoms with Crippen molar-refractivity contribution >= 4 is 23.1 Å². The minimum Gasteiger partial charge on any atom is -0.461 e. The lowest BCUT2D eigenvalue weighted by atomic mass is 10.2. The molecule has 0 aliphatic carbocycles. The van der Waals surface area contributed by atoms with Gasteiger partial charge in [0.1, 0.15) is 5.15 Å². The molecule has 0 fully saturated rings. The Balaban J connectivity index is 3.29. The summed E-state index contributed by atoms with van der Waals surface area (Å²) in [6.07, 6.45) is 1.50. The van der Waals surface area contributed by atoms with E-state index in [0.29, 0.717) is 11.1 Å². The third-order valence-electron chi connectivity index (χ3n) is 2.09. The van der Waals surface area contributed by atoms with Crippen molar-refractivity contribution in [2.45, 2.75) is 13.8 Å². The summed E-state index contributed by atoms with van der Waals surface area (Å²) < 4.78 is 4.89. The fourth-order valence-electron chi connectivity index (χ4n) is 1.12. The molecule has 1 rings (SSSR count). The molecule has 1 aromatic rings. The van der Waals surface area contributed by atoms with Crippen molar-refractivity contribution < 1.29 is 9.53 Å². The SMILES string of the molecule is C=CC(=C)c1nc(Cl)c(C)c(C(=O)OCC)n1. The molecule has 0 saturated carbocycles. The van der Waals surface area contributed by atoms with Gasteiger partial charge in [0.15, 0.2) is 11.5 Å². The fraction of sp³-hybridized carbons (Fsp3) is 0.250. The Hall–Kier alpha value is -1.68. The van der Waals surface area contributed by atoms with Gasteiger partial charge in [-0.05, 0) is 13.8 Å². The highest BCUT2D eigenvalue weighted by Crippen LogP contribution is 2.19. The third-order valence-corrected chi connectivity index (χ3v) is 2.46. The lowest BCUT2D eigenvalue weighted by Crippen LogP contribution is -2.12. The second-order valence-electron chi connectivity index (χ2n) is 3.26. The Morgan fingerprint density at radius 1 is 1.53 bits per heavy atom. The third kappa shape index (κ3) is 2.91. The lowest BCUT2D eigenvalue weighted by Gasteiger charge is -2.08. The Morgan fingerprint density at radius 3 is 2.71 bits per heavy atom. The molecule has 0 saturated heterocycles. The molecule has 4 nitrogen and oxygen atoms in total. The summed E-state index contributed by atoms with van der Waals surface area (Å²) in [7, 11) is 0. The van der Waals surface area contributed by atoms with Crippen LogP contribution in [0.5, 0.6) is 0 Å². The van der Waals surface area contributed by atoms with Gasteiger partial charge in [0, 0.05) is 11.1 Å². The van der Waals surface area contributed by atoms with E-state index in [9.17, 15) is 4.79 Å². The maximum atomic E-state index is 11.7. The monoisotopic (exact) mass is 252 g/mol. The van der Waals surface area contributed by atoms with Crippen LogP contribution in [0.2, 0.25) is 5.15 Å². The number of allylic oxidation sites excluding steroid dienone is 2. The largest absolute Gasteiger partial charge is 0.461 e. The molecule has 0 aromatic carbocycles. The number of nitrogens with zero attached hydrogens (tertiary/aromatic N) is 2. The molecule has 1 aromatic heterocycles. The Labute approximate surface area is 105 Å². The molecular formula is C12H13ClN2O2. The molecule has 0 N–H and O–H groups in total. The number of carbonyl (C=O) groups is 1. The van der Waals surface area contributed by atoms with Crippen molar-refractivity contribution in [2.75, 3.05) is 6.61 Å². The van der Waals surface area contributed by atoms with E-state index in [0.717, 1.165) is 0 Å². The van der Waals surface area contributed by atoms with Crippen molar-refractivity contribution in [3.05, 3.63) is 41.5 Å². The Bertz CT molecular complexity index is 484. The van der Waals surface area contributed by atoms with E-state index >= 15 is 0 Å². The van der Waals surface area contributed by atoms with E-state index in [-0.39, 0.29) is 23.3 Å². The van der Waals surface area contributed by atoms with Gasteiger partial charge in [-0.1, -0.05) is 30.8 Å². The first-order valence-electron chi connectivity index (χ1n) is 5.04. The summed E-state index contributed by atoms with van der Waals surface area (Å²) in [6, 6.07) is 0. The molecule has 0 unspecified atom stereocenters. The van der Waals surface area contributed by atoms with Gasteiger partial charge in [0.2, 0.25) is 0 Å². The number of hydrogen-bond acceptors (Lipinski definition) is 4. The van der Waals surface area contributed by atoms with Crippen molar-refractivity contribution in [3.8, 4) is 0 Å². The maximum Gasteiger partial charge on any atom is 0.357 e. The molecule has 0 spiro atoms. The second-order valence-corrected chi connectivity index (χ2v) is 3.62. The van der Waals surface area contributed by atoms with Crippen LogP contribution in [0, 0.1) is 6.92 Å². The van der Waals surface area contributed by atoms with E-state index < -0.39 is 5.97 Å². The van der Waals surface area contributed by atoms with Crippen molar-refractivity contribution in [1.29, 1.82) is 0 Å². The van der Waals surface area contributed by atoms with Gasteiger partial charge in [-0.15, -0.1) is 0 Å². The highest BCUT2D eigenvalue weighted by molar-refractivity contribution is 6.30. The molecule has 5 heteroatoms. The molecule has 0 bridgehead atoms. The van der Waals surface area contributed by atoms with Gasteiger partial charge >= 0.3 is 5.97 Å². The predicted octanol–water partition coefficient (Wildman–Crippen LogP) is 2.81. The number of ether oxygens (including phenoxy) is 1. The van der Waals surface area contributed by atoms with Crippen LogP contribution >= 0.6 is 11.6 Å². The average Bonchev–Trinajstić information content (AvgIpc) is 2.31. The van der Waals surface area contributed by atoms with Gasteiger partial charge < -0.3 is 4.74 Å². The van der Waals surface area contributed by atoms with Gasteiger partial charge in [0.25, 0.3) is 0 Å². The molecule has 0 aliphatic heterocycles. The van der Waals surface area contributed by atoms with E-state index in [2.05, 4.69) is 23.1 Å². The Kier molecular flexibility index (Phi) is 4.40. The van der Waals surface area contributed by atoms with Crippen LogP contribution in [0.4, 0.5) is 0 Å². The molecule has 0 aliphatic rings. The van der Waals surface area contributed by atoms with Gasteiger partial charge in [-0.3, -0.25) is 0 Å². The minimum absolute atomic E-state index is 0.157. The molecule has 1 heterocycles.